The Balaban J connectivity index is 1.46. The van der Waals surface area contributed by atoms with Crippen molar-refractivity contribution in [2.45, 2.75) is 6.42 Å². The number of primary amides is 1. The number of nitrogens with two attached hydrogens (primary N) is 1. The maximum Gasteiger partial charge on any atom is 0.267 e. The highest BCUT2D eigenvalue weighted by molar-refractivity contribution is 7.15. The van der Waals surface area contributed by atoms with Gasteiger partial charge in [-0.15, -0.1) is 11.3 Å². The van der Waals surface area contributed by atoms with E-state index >= 15 is 0 Å². The van der Waals surface area contributed by atoms with Gasteiger partial charge >= 0.3 is 0 Å². The number of thiazole rings is 1. The maximum atomic E-state index is 12.5. The summed E-state index contributed by atoms with van der Waals surface area (Å²) < 4.78 is 5.40. The van der Waals surface area contributed by atoms with Crippen molar-refractivity contribution in [3.05, 3.63) is 76.8 Å². The first-order valence-corrected chi connectivity index (χ1v) is 8.89. The van der Waals surface area contributed by atoms with Gasteiger partial charge in [-0.2, -0.15) is 0 Å². The van der Waals surface area contributed by atoms with Gasteiger partial charge < -0.3 is 10.2 Å². The second-order valence-corrected chi connectivity index (χ2v) is 6.94. The number of amides is 2. The van der Waals surface area contributed by atoms with E-state index in [9.17, 15) is 9.59 Å². The summed E-state index contributed by atoms with van der Waals surface area (Å²) in [5, 5.41) is 4.06. The molecule has 134 valence electrons. The first-order chi connectivity index (χ1) is 13.1. The highest BCUT2D eigenvalue weighted by Crippen LogP contribution is 2.24. The number of hydrogen-bond donors (Lipinski definition) is 2. The Morgan fingerprint density at radius 2 is 1.96 bits per heavy atom. The van der Waals surface area contributed by atoms with Crippen LogP contribution in [0.1, 0.15) is 31.3 Å². The summed E-state index contributed by atoms with van der Waals surface area (Å²) in [5.74, 6) is -0.829. The van der Waals surface area contributed by atoms with Gasteiger partial charge in [-0.25, -0.2) is 4.98 Å². The van der Waals surface area contributed by atoms with Crippen molar-refractivity contribution in [3.63, 3.8) is 0 Å². The number of pyridine rings is 1. The number of fused-ring (bicyclic) bond motifs is 1. The molecule has 27 heavy (non-hydrogen) atoms. The van der Waals surface area contributed by atoms with Crippen LogP contribution in [-0.4, -0.2) is 21.8 Å². The summed E-state index contributed by atoms with van der Waals surface area (Å²) in [4.78, 5) is 32.8. The molecule has 8 heteroatoms. The van der Waals surface area contributed by atoms with Gasteiger partial charge in [0.1, 0.15) is 17.5 Å². The number of rotatable bonds is 5. The van der Waals surface area contributed by atoms with Crippen LogP contribution in [0.25, 0.3) is 11.0 Å². The molecule has 3 heterocycles. The Morgan fingerprint density at radius 1 is 1.11 bits per heavy atom. The molecule has 3 N–H and O–H groups in total. The number of anilines is 1. The summed E-state index contributed by atoms with van der Waals surface area (Å²) in [6.45, 7) is 0. The number of nitrogens with zero attached hydrogens (tertiary/aromatic N) is 2. The Bertz CT molecular complexity index is 1130. The van der Waals surface area contributed by atoms with Crippen LogP contribution in [0.3, 0.4) is 0 Å². The molecule has 0 saturated carbocycles. The van der Waals surface area contributed by atoms with Crippen LogP contribution in [-0.2, 0) is 6.42 Å². The number of furan rings is 1. The van der Waals surface area contributed by atoms with E-state index < -0.39 is 5.91 Å². The van der Waals surface area contributed by atoms with Crippen molar-refractivity contribution in [1.29, 1.82) is 0 Å². The Hall–Kier alpha value is -3.52. The largest absolute Gasteiger partial charge is 0.463 e. The van der Waals surface area contributed by atoms with Gasteiger partial charge in [0, 0.05) is 29.1 Å². The predicted molar refractivity (Wildman–Crippen MR) is 102 cm³/mol. The molecule has 7 nitrogen and oxygen atoms in total. The number of nitrogens with one attached hydrogen (secondary N) is 1. The molecular weight excluding hydrogens is 364 g/mol. The number of hydrogen-bond acceptors (Lipinski definition) is 6. The smallest absolute Gasteiger partial charge is 0.267 e. The minimum atomic E-state index is -0.559. The highest BCUT2D eigenvalue weighted by Gasteiger charge is 2.15. The lowest BCUT2D eigenvalue weighted by molar-refractivity contribution is 0.0993. The van der Waals surface area contributed by atoms with Gasteiger partial charge in [-0.05, 0) is 17.7 Å². The SMILES string of the molecule is NC(=O)c1ccc(Cc2cnc(NC(=O)c3coc4ccccc34)s2)cn1. The fourth-order valence-corrected chi connectivity index (χ4v) is 3.48. The van der Waals surface area contributed by atoms with E-state index in [2.05, 4.69) is 15.3 Å². The number of carbonyl (C=O) groups is 2. The minimum absolute atomic E-state index is 0.225. The van der Waals surface area contributed by atoms with E-state index in [0.29, 0.717) is 22.7 Å². The van der Waals surface area contributed by atoms with Crippen molar-refractivity contribution in [2.24, 2.45) is 5.73 Å². The zero-order valence-electron chi connectivity index (χ0n) is 14.0. The molecule has 2 amide bonds. The second kappa shape index (κ2) is 7.00. The van der Waals surface area contributed by atoms with Crippen molar-refractivity contribution < 1.29 is 14.0 Å². The van der Waals surface area contributed by atoms with Gasteiger partial charge in [0.15, 0.2) is 5.13 Å². The molecule has 0 spiro atoms. The zero-order chi connectivity index (χ0) is 18.8. The van der Waals surface area contributed by atoms with Crippen molar-refractivity contribution in [2.75, 3.05) is 5.32 Å². The van der Waals surface area contributed by atoms with Crippen LogP contribution in [0.5, 0.6) is 0 Å². The van der Waals surface area contributed by atoms with Gasteiger partial charge in [-0.3, -0.25) is 19.9 Å². The van der Waals surface area contributed by atoms with Crippen LogP contribution in [0.15, 0.2) is 59.5 Å². The molecule has 0 bridgehead atoms. The van der Waals surface area contributed by atoms with Crippen LogP contribution < -0.4 is 11.1 Å². The maximum absolute atomic E-state index is 12.5. The molecule has 0 saturated heterocycles. The highest BCUT2D eigenvalue weighted by atomic mass is 32.1. The zero-order valence-corrected chi connectivity index (χ0v) is 14.8. The van der Waals surface area contributed by atoms with Crippen molar-refractivity contribution in [3.8, 4) is 0 Å². The lowest BCUT2D eigenvalue weighted by Gasteiger charge is -2.00. The second-order valence-electron chi connectivity index (χ2n) is 5.82. The molecule has 0 unspecified atom stereocenters. The minimum Gasteiger partial charge on any atom is -0.463 e. The molecule has 0 radical (unpaired) electrons. The summed E-state index contributed by atoms with van der Waals surface area (Å²) in [5.41, 5.74) is 7.46. The third kappa shape index (κ3) is 3.56. The average molecular weight is 378 g/mol. The number of carbonyl (C=O) groups excluding carboxylic acids is 2. The standard InChI is InChI=1S/C19H14N4O3S/c20-17(24)15-6-5-11(8-21-15)7-12-9-22-19(27-12)23-18(25)14-10-26-16-4-2-1-3-13(14)16/h1-6,8-10H,7H2,(H2,20,24)(H,22,23,25). The number of aromatic nitrogens is 2. The van der Waals surface area contributed by atoms with Gasteiger partial charge in [0.05, 0.1) is 5.56 Å². The summed E-state index contributed by atoms with van der Waals surface area (Å²) in [7, 11) is 0. The van der Waals surface area contributed by atoms with Gasteiger partial charge in [-0.1, -0.05) is 24.3 Å². The summed E-state index contributed by atoms with van der Waals surface area (Å²) >= 11 is 1.38. The topological polar surface area (TPSA) is 111 Å². The Morgan fingerprint density at radius 3 is 2.74 bits per heavy atom. The summed E-state index contributed by atoms with van der Waals surface area (Å²) in [6.07, 6.45) is 5.35. The third-order valence-electron chi connectivity index (χ3n) is 3.96. The molecule has 4 rings (SSSR count). The molecule has 0 atom stereocenters. The lowest BCUT2D eigenvalue weighted by Crippen LogP contribution is -2.12. The normalized spacial score (nSPS) is 10.8. The molecule has 0 aliphatic rings. The van der Waals surface area contributed by atoms with E-state index in [1.807, 2.05) is 24.3 Å². The fourth-order valence-electron chi connectivity index (χ4n) is 2.64. The third-order valence-corrected chi connectivity index (χ3v) is 4.87. The Labute approximate surface area is 157 Å². The molecule has 0 aliphatic heterocycles. The molecular formula is C19H14N4O3S. The fraction of sp³-hybridized carbons (Fsp3) is 0.0526. The van der Waals surface area contributed by atoms with E-state index in [1.165, 1.54) is 17.6 Å². The molecule has 3 aromatic heterocycles. The molecule has 1 aromatic carbocycles. The van der Waals surface area contributed by atoms with Crippen LogP contribution in [0.4, 0.5) is 5.13 Å². The predicted octanol–water partition coefficient (Wildman–Crippen LogP) is 3.23. The van der Waals surface area contributed by atoms with E-state index in [-0.39, 0.29) is 11.6 Å². The Kier molecular flexibility index (Phi) is 4.39. The van der Waals surface area contributed by atoms with Crippen molar-refractivity contribution in [1.82, 2.24) is 9.97 Å². The monoisotopic (exact) mass is 378 g/mol. The van der Waals surface area contributed by atoms with Crippen LogP contribution in [0, 0.1) is 0 Å². The van der Waals surface area contributed by atoms with E-state index in [0.717, 1.165) is 15.8 Å². The van der Waals surface area contributed by atoms with Gasteiger partial charge in [0.2, 0.25) is 0 Å². The van der Waals surface area contributed by atoms with E-state index in [1.54, 1.807) is 24.5 Å². The van der Waals surface area contributed by atoms with Crippen LogP contribution >= 0.6 is 11.3 Å². The molecule has 4 aromatic rings. The first-order valence-electron chi connectivity index (χ1n) is 8.07. The van der Waals surface area contributed by atoms with Gasteiger partial charge in [0.25, 0.3) is 11.8 Å². The number of benzene rings is 1. The van der Waals surface area contributed by atoms with Crippen molar-refractivity contribution >= 4 is 39.3 Å². The quantitative estimate of drug-likeness (QED) is 0.554. The average Bonchev–Trinajstić information content (AvgIpc) is 3.29. The van der Waals surface area contributed by atoms with Crippen LogP contribution in [0.2, 0.25) is 0 Å². The molecule has 0 aliphatic carbocycles. The van der Waals surface area contributed by atoms with E-state index in [4.69, 9.17) is 10.2 Å². The summed E-state index contributed by atoms with van der Waals surface area (Å²) in [6, 6.07) is 10.7. The first kappa shape index (κ1) is 16.9. The lowest BCUT2D eigenvalue weighted by atomic mass is 10.2. The number of para-hydroxylation sites is 1. The molecule has 0 fully saturated rings.